The van der Waals surface area contributed by atoms with Crippen molar-refractivity contribution < 1.29 is 4.39 Å². The van der Waals surface area contributed by atoms with Gasteiger partial charge in [-0.25, -0.2) is 4.39 Å². The molecule has 0 radical (unpaired) electrons. The van der Waals surface area contributed by atoms with Crippen LogP contribution >= 0.6 is 11.6 Å². The Labute approximate surface area is 132 Å². The first-order chi connectivity index (χ1) is 10.7. The summed E-state index contributed by atoms with van der Waals surface area (Å²) >= 11 is 5.75. The number of nitrogens with zero attached hydrogens (tertiary/aromatic N) is 3. The standard InChI is InChI=1S/C16H14ClFN4/c17-15-8-12(6-7-16(15)18)9-19-10-13-11-20-22(21-13)14-4-2-1-3-5-14/h1-8,11,19H,9-10H2. The maximum atomic E-state index is 13.1. The average Bonchev–Trinajstić information content (AvgIpc) is 3.01. The molecule has 0 spiro atoms. The fourth-order valence-electron chi connectivity index (χ4n) is 2.05. The second-order valence-electron chi connectivity index (χ2n) is 4.81. The lowest BCUT2D eigenvalue weighted by Crippen LogP contribution is -2.13. The third kappa shape index (κ3) is 3.50. The molecule has 0 saturated carbocycles. The van der Waals surface area contributed by atoms with E-state index in [0.29, 0.717) is 13.1 Å². The van der Waals surface area contributed by atoms with Gasteiger partial charge < -0.3 is 5.32 Å². The van der Waals surface area contributed by atoms with Gasteiger partial charge in [-0.2, -0.15) is 15.0 Å². The van der Waals surface area contributed by atoms with Gasteiger partial charge in [-0.3, -0.25) is 0 Å². The number of hydrogen-bond donors (Lipinski definition) is 1. The Morgan fingerprint density at radius 1 is 1.09 bits per heavy atom. The Bertz CT molecular complexity index is 758. The number of halogens is 2. The largest absolute Gasteiger partial charge is 0.307 e. The molecule has 2 aromatic carbocycles. The zero-order valence-corrected chi connectivity index (χ0v) is 12.5. The summed E-state index contributed by atoms with van der Waals surface area (Å²) in [7, 11) is 0. The summed E-state index contributed by atoms with van der Waals surface area (Å²) in [6.07, 6.45) is 1.72. The lowest BCUT2D eigenvalue weighted by atomic mass is 10.2. The Hall–Kier alpha value is -2.24. The zero-order valence-electron chi connectivity index (χ0n) is 11.7. The van der Waals surface area contributed by atoms with Crippen LogP contribution in [0.2, 0.25) is 5.02 Å². The van der Waals surface area contributed by atoms with E-state index in [1.54, 1.807) is 23.1 Å². The number of hydrogen-bond acceptors (Lipinski definition) is 3. The predicted molar refractivity (Wildman–Crippen MR) is 83.3 cm³/mol. The summed E-state index contributed by atoms with van der Waals surface area (Å²) in [5.41, 5.74) is 2.66. The van der Waals surface area contributed by atoms with Gasteiger partial charge >= 0.3 is 0 Å². The molecule has 0 atom stereocenters. The van der Waals surface area contributed by atoms with Crippen LogP contribution in [0.4, 0.5) is 4.39 Å². The molecule has 22 heavy (non-hydrogen) atoms. The third-order valence-electron chi connectivity index (χ3n) is 3.15. The summed E-state index contributed by atoms with van der Waals surface area (Å²) in [5, 5.41) is 12.0. The Balaban J connectivity index is 1.58. The molecular formula is C16H14ClFN4. The quantitative estimate of drug-likeness (QED) is 0.785. The highest BCUT2D eigenvalue weighted by Crippen LogP contribution is 2.15. The van der Waals surface area contributed by atoms with E-state index in [1.807, 2.05) is 30.3 Å². The smallest absolute Gasteiger partial charge is 0.141 e. The Kier molecular flexibility index (Phi) is 4.46. The number of benzene rings is 2. The van der Waals surface area contributed by atoms with E-state index in [4.69, 9.17) is 11.6 Å². The van der Waals surface area contributed by atoms with Crippen LogP contribution in [0.25, 0.3) is 5.69 Å². The Morgan fingerprint density at radius 3 is 2.68 bits per heavy atom. The van der Waals surface area contributed by atoms with Gasteiger partial charge in [0.05, 0.1) is 22.6 Å². The van der Waals surface area contributed by atoms with Gasteiger partial charge in [-0.15, -0.1) is 0 Å². The van der Waals surface area contributed by atoms with Crippen molar-refractivity contribution in [2.24, 2.45) is 0 Å². The summed E-state index contributed by atoms with van der Waals surface area (Å²) in [4.78, 5) is 1.59. The maximum Gasteiger partial charge on any atom is 0.141 e. The topological polar surface area (TPSA) is 42.7 Å². The highest BCUT2D eigenvalue weighted by Gasteiger charge is 2.04. The first kappa shape index (κ1) is 14.7. The molecule has 0 aliphatic carbocycles. The second kappa shape index (κ2) is 6.68. The summed E-state index contributed by atoms with van der Waals surface area (Å²) in [6.45, 7) is 1.15. The molecule has 1 heterocycles. The highest BCUT2D eigenvalue weighted by atomic mass is 35.5. The first-order valence-electron chi connectivity index (χ1n) is 6.83. The van der Waals surface area contributed by atoms with Crippen LogP contribution in [0.1, 0.15) is 11.3 Å². The number of para-hydroxylation sites is 1. The Morgan fingerprint density at radius 2 is 1.91 bits per heavy atom. The molecule has 0 saturated heterocycles. The molecular weight excluding hydrogens is 303 g/mol. The summed E-state index contributed by atoms with van der Waals surface area (Å²) < 4.78 is 13.1. The van der Waals surface area contributed by atoms with Crippen molar-refractivity contribution >= 4 is 11.6 Å². The molecule has 0 unspecified atom stereocenters. The van der Waals surface area contributed by atoms with Gasteiger partial charge in [0.2, 0.25) is 0 Å². The molecule has 0 bridgehead atoms. The van der Waals surface area contributed by atoms with Crippen molar-refractivity contribution in [2.75, 3.05) is 0 Å². The average molecular weight is 317 g/mol. The molecule has 4 nitrogen and oxygen atoms in total. The number of rotatable bonds is 5. The van der Waals surface area contributed by atoms with Crippen LogP contribution in [0.3, 0.4) is 0 Å². The first-order valence-corrected chi connectivity index (χ1v) is 7.21. The van der Waals surface area contributed by atoms with Crippen molar-refractivity contribution in [3.63, 3.8) is 0 Å². The van der Waals surface area contributed by atoms with E-state index in [-0.39, 0.29) is 5.02 Å². The van der Waals surface area contributed by atoms with Gasteiger partial charge in [-0.1, -0.05) is 35.9 Å². The van der Waals surface area contributed by atoms with Gasteiger partial charge in [0, 0.05) is 13.1 Å². The van der Waals surface area contributed by atoms with Crippen molar-refractivity contribution in [2.45, 2.75) is 13.1 Å². The molecule has 112 valence electrons. The summed E-state index contributed by atoms with van der Waals surface area (Å²) in [6, 6.07) is 14.4. The summed E-state index contributed by atoms with van der Waals surface area (Å²) in [5.74, 6) is -0.406. The fraction of sp³-hybridized carbons (Fsp3) is 0.125. The molecule has 0 aliphatic heterocycles. The highest BCUT2D eigenvalue weighted by molar-refractivity contribution is 6.30. The minimum absolute atomic E-state index is 0.134. The van der Waals surface area contributed by atoms with Crippen molar-refractivity contribution in [1.29, 1.82) is 0 Å². The molecule has 6 heteroatoms. The lowest BCUT2D eigenvalue weighted by Gasteiger charge is -2.04. The van der Waals surface area contributed by atoms with Crippen LogP contribution in [0.5, 0.6) is 0 Å². The monoisotopic (exact) mass is 316 g/mol. The zero-order chi connectivity index (χ0) is 15.4. The number of aromatic nitrogens is 3. The van der Waals surface area contributed by atoms with Crippen LogP contribution in [-0.4, -0.2) is 15.0 Å². The normalized spacial score (nSPS) is 10.8. The van der Waals surface area contributed by atoms with Crippen LogP contribution < -0.4 is 5.32 Å². The van der Waals surface area contributed by atoms with Crippen molar-refractivity contribution in [1.82, 2.24) is 20.3 Å². The van der Waals surface area contributed by atoms with Crippen LogP contribution in [0, 0.1) is 5.82 Å². The minimum Gasteiger partial charge on any atom is -0.307 e. The molecule has 0 fully saturated rings. The molecule has 0 amide bonds. The third-order valence-corrected chi connectivity index (χ3v) is 3.44. The van der Waals surface area contributed by atoms with Crippen LogP contribution in [0.15, 0.2) is 54.7 Å². The SMILES string of the molecule is Fc1ccc(CNCc2cnn(-c3ccccc3)n2)cc1Cl. The van der Waals surface area contributed by atoms with Gasteiger partial charge in [0.25, 0.3) is 0 Å². The van der Waals surface area contributed by atoms with E-state index >= 15 is 0 Å². The van der Waals surface area contributed by atoms with Crippen LogP contribution in [-0.2, 0) is 13.1 Å². The molecule has 0 aliphatic rings. The molecule has 1 aromatic heterocycles. The van der Waals surface area contributed by atoms with Gasteiger partial charge in [0.15, 0.2) is 0 Å². The van der Waals surface area contributed by atoms with E-state index in [2.05, 4.69) is 15.5 Å². The molecule has 1 N–H and O–H groups in total. The lowest BCUT2D eigenvalue weighted by molar-refractivity contribution is 0.624. The van der Waals surface area contributed by atoms with E-state index in [1.165, 1.54) is 6.07 Å². The maximum absolute atomic E-state index is 13.1. The predicted octanol–water partition coefficient (Wildman–Crippen LogP) is 3.35. The molecule has 3 rings (SSSR count). The second-order valence-corrected chi connectivity index (χ2v) is 5.22. The van der Waals surface area contributed by atoms with Gasteiger partial charge in [0.1, 0.15) is 5.82 Å². The van der Waals surface area contributed by atoms with E-state index in [9.17, 15) is 4.39 Å². The van der Waals surface area contributed by atoms with E-state index in [0.717, 1.165) is 16.9 Å². The van der Waals surface area contributed by atoms with E-state index < -0.39 is 5.82 Å². The van der Waals surface area contributed by atoms with Crippen molar-refractivity contribution in [3.05, 3.63) is 76.8 Å². The van der Waals surface area contributed by atoms with Crippen molar-refractivity contribution in [3.8, 4) is 5.69 Å². The minimum atomic E-state index is -0.406. The molecule has 3 aromatic rings. The van der Waals surface area contributed by atoms with Gasteiger partial charge in [-0.05, 0) is 29.8 Å². The fourth-order valence-corrected chi connectivity index (χ4v) is 2.25. The number of nitrogens with one attached hydrogen (secondary N) is 1.